The van der Waals surface area contributed by atoms with Crippen LogP contribution in [0.2, 0.25) is 0 Å². The van der Waals surface area contributed by atoms with Gasteiger partial charge in [-0.2, -0.15) is 18.4 Å². The zero-order chi connectivity index (χ0) is 17.2. The highest BCUT2D eigenvalue weighted by Gasteiger charge is 2.29. The molecule has 0 bridgehead atoms. The Morgan fingerprint density at radius 1 is 1.17 bits per heavy atom. The Balaban J connectivity index is 1.77. The Kier molecular flexibility index (Phi) is 4.14. The monoisotopic (exact) mass is 347 g/mol. The lowest BCUT2D eigenvalue weighted by molar-refractivity contribution is -0.137. The van der Waals surface area contributed by atoms with E-state index >= 15 is 0 Å². The van der Waals surface area contributed by atoms with Crippen LogP contribution in [-0.4, -0.2) is 20.4 Å². The zero-order valence-electron chi connectivity index (χ0n) is 11.9. The first-order valence-electron chi connectivity index (χ1n) is 6.60. The Bertz CT molecular complexity index is 916. The molecular weight excluding hydrogens is 339 g/mol. The van der Waals surface area contributed by atoms with Crippen molar-refractivity contribution in [1.82, 2.24) is 20.4 Å². The normalized spacial score (nSPS) is 11.8. The topological polar surface area (TPSA) is 78.2 Å². The van der Waals surface area contributed by atoms with Crippen molar-refractivity contribution in [1.29, 1.82) is 5.26 Å². The maximum Gasteiger partial charge on any atom is 0.416 e. The summed E-state index contributed by atoms with van der Waals surface area (Å²) in [5, 5.41) is 19.5. The molecule has 0 atom stereocenters. The number of halogens is 3. The second-order valence-corrected chi connectivity index (χ2v) is 5.73. The van der Waals surface area contributed by atoms with Crippen LogP contribution < -0.4 is 0 Å². The Morgan fingerprint density at radius 3 is 2.58 bits per heavy atom. The van der Waals surface area contributed by atoms with Gasteiger partial charge in [0.1, 0.15) is 16.8 Å². The van der Waals surface area contributed by atoms with Gasteiger partial charge in [-0.05, 0) is 23.8 Å². The lowest BCUT2D eigenvalue weighted by Gasteiger charge is -2.05. The van der Waals surface area contributed by atoms with Crippen LogP contribution in [0.1, 0.15) is 21.8 Å². The lowest BCUT2D eigenvalue weighted by Crippen LogP contribution is -2.03. The highest BCUT2D eigenvalue weighted by molar-refractivity contribution is 7.15. The minimum atomic E-state index is -4.34. The highest BCUT2D eigenvalue weighted by Crippen LogP contribution is 2.30. The van der Waals surface area contributed by atoms with Crippen molar-refractivity contribution in [2.24, 2.45) is 0 Å². The molecule has 2 heterocycles. The van der Waals surface area contributed by atoms with Gasteiger partial charge in [-0.25, -0.2) is 10.1 Å². The molecule has 0 unspecified atom stereocenters. The molecule has 24 heavy (non-hydrogen) atoms. The molecule has 0 aliphatic heterocycles. The third-order valence-corrected chi connectivity index (χ3v) is 4.04. The molecule has 9 heteroatoms. The number of rotatable bonds is 3. The van der Waals surface area contributed by atoms with E-state index in [-0.39, 0.29) is 5.69 Å². The van der Waals surface area contributed by atoms with Crippen LogP contribution in [0.25, 0.3) is 22.7 Å². The molecule has 120 valence electrons. The van der Waals surface area contributed by atoms with E-state index in [1.807, 2.05) is 6.07 Å². The van der Waals surface area contributed by atoms with Gasteiger partial charge < -0.3 is 0 Å². The summed E-state index contributed by atoms with van der Waals surface area (Å²) in [5.41, 5.74) is 0.603. The number of alkyl halides is 3. The molecule has 3 aromatic rings. The fourth-order valence-electron chi connectivity index (χ4n) is 1.90. The molecule has 2 aromatic heterocycles. The maximum absolute atomic E-state index is 12.5. The van der Waals surface area contributed by atoms with Crippen molar-refractivity contribution in [3.05, 3.63) is 52.3 Å². The first-order valence-corrected chi connectivity index (χ1v) is 7.42. The highest BCUT2D eigenvalue weighted by atomic mass is 32.1. The summed E-state index contributed by atoms with van der Waals surface area (Å²) in [7, 11) is 0. The van der Waals surface area contributed by atoms with E-state index in [9.17, 15) is 13.2 Å². The van der Waals surface area contributed by atoms with E-state index in [0.29, 0.717) is 21.1 Å². The predicted octanol–water partition coefficient (Wildman–Crippen LogP) is 3.99. The van der Waals surface area contributed by atoms with Gasteiger partial charge in [0, 0.05) is 6.20 Å². The lowest BCUT2D eigenvalue weighted by atomic mass is 10.1. The molecule has 0 spiro atoms. The summed E-state index contributed by atoms with van der Waals surface area (Å²) in [6, 6.07) is 6.78. The number of hydrogen-bond acceptors (Lipinski definition) is 5. The number of hydrogen-bond donors (Lipinski definition) is 1. The van der Waals surface area contributed by atoms with Gasteiger partial charge in [-0.15, -0.1) is 16.4 Å². The quantitative estimate of drug-likeness (QED) is 0.777. The van der Waals surface area contributed by atoms with Gasteiger partial charge in [0.25, 0.3) is 0 Å². The third kappa shape index (κ3) is 3.33. The van der Waals surface area contributed by atoms with Gasteiger partial charge in [0.05, 0.1) is 10.4 Å². The van der Waals surface area contributed by atoms with Crippen LogP contribution in [0.4, 0.5) is 13.2 Å². The second kappa shape index (κ2) is 6.25. The zero-order valence-corrected chi connectivity index (χ0v) is 12.7. The molecule has 0 amide bonds. The van der Waals surface area contributed by atoms with Crippen molar-refractivity contribution in [3.8, 4) is 16.6 Å². The molecule has 1 N–H and O–H groups in total. The molecule has 0 aliphatic carbocycles. The number of nitrogens with zero attached hydrogens (tertiary/aromatic N) is 4. The Hall–Kier alpha value is -2.99. The summed E-state index contributed by atoms with van der Waals surface area (Å²) >= 11 is 1.30. The molecule has 0 fully saturated rings. The fraction of sp³-hybridized carbons (Fsp3) is 0.0667. The molecule has 1 aromatic carbocycles. The second-order valence-electron chi connectivity index (χ2n) is 4.66. The van der Waals surface area contributed by atoms with Gasteiger partial charge in [0.2, 0.25) is 0 Å². The minimum Gasteiger partial charge on any atom is -0.247 e. The van der Waals surface area contributed by atoms with Gasteiger partial charge in [-0.3, -0.25) is 0 Å². The van der Waals surface area contributed by atoms with E-state index in [1.54, 1.807) is 18.3 Å². The summed E-state index contributed by atoms with van der Waals surface area (Å²) in [4.78, 5) is 4.85. The van der Waals surface area contributed by atoms with E-state index in [2.05, 4.69) is 20.4 Å². The summed E-state index contributed by atoms with van der Waals surface area (Å²) in [6.07, 6.45) is 0.567. The fourth-order valence-corrected chi connectivity index (χ4v) is 2.72. The van der Waals surface area contributed by atoms with E-state index < -0.39 is 11.7 Å². The number of thiazole rings is 1. The molecule has 0 saturated heterocycles. The third-order valence-electron chi connectivity index (χ3n) is 3.07. The van der Waals surface area contributed by atoms with E-state index in [1.165, 1.54) is 23.5 Å². The van der Waals surface area contributed by atoms with Gasteiger partial charge in [0.15, 0.2) is 5.69 Å². The van der Waals surface area contributed by atoms with E-state index in [4.69, 9.17) is 5.26 Å². The molecule has 3 rings (SSSR count). The van der Waals surface area contributed by atoms with Crippen molar-refractivity contribution in [2.75, 3.05) is 0 Å². The Morgan fingerprint density at radius 2 is 1.92 bits per heavy atom. The van der Waals surface area contributed by atoms with E-state index in [0.717, 1.165) is 12.1 Å². The van der Waals surface area contributed by atoms with Crippen molar-refractivity contribution in [2.45, 2.75) is 6.18 Å². The number of benzene rings is 1. The predicted molar refractivity (Wildman–Crippen MR) is 82.6 cm³/mol. The van der Waals surface area contributed by atoms with Crippen molar-refractivity contribution >= 4 is 23.5 Å². The molecule has 0 aliphatic rings. The van der Waals surface area contributed by atoms with Crippen LogP contribution >= 0.6 is 11.3 Å². The van der Waals surface area contributed by atoms with Crippen molar-refractivity contribution in [3.63, 3.8) is 0 Å². The molecular formula is C15H8F3N5S. The van der Waals surface area contributed by atoms with Crippen molar-refractivity contribution < 1.29 is 13.2 Å². The number of aromatic nitrogens is 4. The summed E-state index contributed by atoms with van der Waals surface area (Å²) < 4.78 is 37.5. The first kappa shape index (κ1) is 15.9. The first-order chi connectivity index (χ1) is 11.5. The van der Waals surface area contributed by atoms with Crippen LogP contribution in [0.5, 0.6) is 0 Å². The summed E-state index contributed by atoms with van der Waals surface area (Å²) in [5.74, 6) is 0. The molecule has 0 saturated carbocycles. The standard InChI is InChI=1S/C15H8F3N5S/c16-15(17,18)10-4-1-9(2-5-10)3-6-13-20-8-12(24-13)14-11(7-19)21-23-22-14/h1-6,8H,(H,21,22,23)/b6-3+. The largest absolute Gasteiger partial charge is 0.416 e. The number of H-pyrrole nitrogens is 1. The van der Waals surface area contributed by atoms with Crippen LogP contribution in [0, 0.1) is 11.3 Å². The average Bonchev–Trinajstić information content (AvgIpc) is 3.21. The SMILES string of the molecule is N#Cc1[nH]nnc1-c1cnc(/C=C/c2ccc(C(F)(F)F)cc2)s1. The van der Waals surface area contributed by atoms with Crippen LogP contribution in [0.15, 0.2) is 30.5 Å². The van der Waals surface area contributed by atoms with Gasteiger partial charge >= 0.3 is 6.18 Å². The van der Waals surface area contributed by atoms with Gasteiger partial charge in [-0.1, -0.05) is 23.4 Å². The molecule has 0 radical (unpaired) electrons. The minimum absolute atomic E-state index is 0.247. The maximum atomic E-state index is 12.5. The van der Waals surface area contributed by atoms with Crippen LogP contribution in [-0.2, 0) is 6.18 Å². The summed E-state index contributed by atoms with van der Waals surface area (Å²) in [6.45, 7) is 0. The number of nitriles is 1. The number of aromatic amines is 1. The Labute approximate surface area is 138 Å². The smallest absolute Gasteiger partial charge is 0.247 e. The van der Waals surface area contributed by atoms with Crippen LogP contribution in [0.3, 0.4) is 0 Å². The molecule has 5 nitrogen and oxygen atoms in total. The average molecular weight is 347 g/mol. The number of nitrogens with one attached hydrogen (secondary N) is 1.